The second-order valence-electron chi connectivity index (χ2n) is 7.56. The van der Waals surface area contributed by atoms with E-state index >= 15 is 0 Å². The van der Waals surface area contributed by atoms with E-state index in [2.05, 4.69) is 5.32 Å². The van der Waals surface area contributed by atoms with Crippen molar-refractivity contribution in [3.63, 3.8) is 0 Å². The van der Waals surface area contributed by atoms with Crippen LogP contribution in [0.5, 0.6) is 0 Å². The van der Waals surface area contributed by atoms with Crippen molar-refractivity contribution >= 4 is 11.9 Å². The van der Waals surface area contributed by atoms with Crippen molar-refractivity contribution in [1.82, 2.24) is 5.32 Å². The monoisotopic (exact) mass is 367 g/mol. The molecular formula is C22H25NO4. The molecule has 2 aromatic carbocycles. The van der Waals surface area contributed by atoms with Crippen LogP contribution in [0.3, 0.4) is 0 Å². The van der Waals surface area contributed by atoms with E-state index in [4.69, 9.17) is 9.47 Å². The Morgan fingerprint density at radius 2 is 1.63 bits per heavy atom. The van der Waals surface area contributed by atoms with E-state index < -0.39 is 29.5 Å². The van der Waals surface area contributed by atoms with Crippen molar-refractivity contribution < 1.29 is 19.1 Å². The number of nitrogens with one attached hydrogen (secondary N) is 1. The summed E-state index contributed by atoms with van der Waals surface area (Å²) >= 11 is 0. The van der Waals surface area contributed by atoms with Crippen LogP contribution in [0.15, 0.2) is 60.7 Å². The molecule has 2 aromatic rings. The molecule has 1 aliphatic heterocycles. The van der Waals surface area contributed by atoms with Gasteiger partial charge in [0.1, 0.15) is 12.6 Å². The zero-order valence-corrected chi connectivity index (χ0v) is 15.8. The van der Waals surface area contributed by atoms with Gasteiger partial charge in [-0.05, 0) is 18.1 Å². The van der Waals surface area contributed by atoms with Gasteiger partial charge in [0.25, 0.3) is 0 Å². The Hall–Kier alpha value is -2.66. The smallest absolute Gasteiger partial charge is 0.348 e. The van der Waals surface area contributed by atoms with Gasteiger partial charge in [0.15, 0.2) is 0 Å². The molecule has 1 aliphatic rings. The highest BCUT2D eigenvalue weighted by Gasteiger charge is 2.47. The first-order valence-electron chi connectivity index (χ1n) is 9.11. The maximum Gasteiger partial charge on any atom is 0.348 e. The second kappa shape index (κ2) is 7.92. The number of hydrogen-bond acceptors (Lipinski definition) is 5. The van der Waals surface area contributed by atoms with Gasteiger partial charge in [-0.15, -0.1) is 0 Å². The van der Waals surface area contributed by atoms with Crippen LogP contribution in [0.25, 0.3) is 0 Å². The first-order chi connectivity index (χ1) is 12.9. The summed E-state index contributed by atoms with van der Waals surface area (Å²) < 4.78 is 10.7. The zero-order chi connectivity index (χ0) is 19.4. The summed E-state index contributed by atoms with van der Waals surface area (Å²) in [6.07, 6.45) is -0.898. The normalized spacial score (nSPS) is 20.6. The Bertz CT molecular complexity index is 788. The lowest BCUT2D eigenvalue weighted by Gasteiger charge is -2.27. The Balaban J connectivity index is 1.82. The number of rotatable bonds is 6. The summed E-state index contributed by atoms with van der Waals surface area (Å²) in [5.41, 5.74) is 1.31. The lowest BCUT2D eigenvalue weighted by molar-refractivity contribution is -0.165. The van der Waals surface area contributed by atoms with E-state index in [-0.39, 0.29) is 12.6 Å². The Morgan fingerprint density at radius 1 is 1.07 bits per heavy atom. The van der Waals surface area contributed by atoms with Crippen LogP contribution in [-0.2, 0) is 19.1 Å². The molecule has 1 heterocycles. The third-order valence-corrected chi connectivity index (χ3v) is 4.83. The van der Waals surface area contributed by atoms with Crippen molar-refractivity contribution in [1.29, 1.82) is 0 Å². The fraction of sp³-hybridized carbons (Fsp3) is 0.364. The van der Waals surface area contributed by atoms with Crippen LogP contribution in [0.1, 0.15) is 44.0 Å². The maximum atomic E-state index is 13.0. The summed E-state index contributed by atoms with van der Waals surface area (Å²) in [5.74, 6) is -0.975. The molecule has 3 rings (SSSR count). The minimum atomic E-state index is -0.898. The maximum absolute atomic E-state index is 13.0. The van der Waals surface area contributed by atoms with E-state index in [1.54, 1.807) is 0 Å². The van der Waals surface area contributed by atoms with Gasteiger partial charge >= 0.3 is 11.9 Å². The first-order valence-corrected chi connectivity index (χ1v) is 9.11. The van der Waals surface area contributed by atoms with Crippen molar-refractivity contribution in [2.75, 3.05) is 6.61 Å². The number of carbonyl (C=O) groups is 2. The summed E-state index contributed by atoms with van der Waals surface area (Å²) in [5, 5.41) is 3.34. The second-order valence-corrected chi connectivity index (χ2v) is 7.56. The quantitative estimate of drug-likeness (QED) is 0.791. The highest BCUT2D eigenvalue weighted by Crippen LogP contribution is 2.32. The lowest BCUT2D eigenvalue weighted by atomic mass is 9.89. The van der Waals surface area contributed by atoms with E-state index in [1.807, 2.05) is 81.4 Å². The van der Waals surface area contributed by atoms with Crippen molar-refractivity contribution in [3.05, 3.63) is 71.8 Å². The SMILES string of the molecule is C[C@@H](N[C@H](C(=O)O[C@H]1C(=O)OCC1(C)C)c1ccccc1)c1ccccc1. The molecule has 27 heavy (non-hydrogen) atoms. The van der Waals surface area contributed by atoms with Crippen LogP contribution >= 0.6 is 0 Å². The molecule has 0 radical (unpaired) electrons. The van der Waals surface area contributed by atoms with E-state index in [1.165, 1.54) is 0 Å². The van der Waals surface area contributed by atoms with E-state index in [0.717, 1.165) is 11.1 Å². The van der Waals surface area contributed by atoms with Gasteiger partial charge in [-0.1, -0.05) is 74.5 Å². The average Bonchev–Trinajstić information content (AvgIpc) is 2.94. The van der Waals surface area contributed by atoms with Crippen LogP contribution in [0, 0.1) is 5.41 Å². The predicted molar refractivity (Wildman–Crippen MR) is 102 cm³/mol. The molecule has 0 spiro atoms. The molecule has 0 amide bonds. The summed E-state index contributed by atoms with van der Waals surface area (Å²) in [4.78, 5) is 25.0. The molecule has 1 N–H and O–H groups in total. The van der Waals surface area contributed by atoms with Crippen LogP contribution in [0.4, 0.5) is 0 Å². The number of benzene rings is 2. The van der Waals surface area contributed by atoms with Gasteiger partial charge in [-0.3, -0.25) is 5.32 Å². The Morgan fingerprint density at radius 3 is 2.15 bits per heavy atom. The zero-order valence-electron chi connectivity index (χ0n) is 15.8. The standard InChI is InChI=1S/C22H25NO4/c1-15(16-10-6-4-7-11-16)23-18(17-12-8-5-9-13-17)20(24)27-19-21(25)26-14-22(19,2)3/h4-13,15,18-19,23H,14H2,1-3H3/t15-,18+,19+/m1/s1. The minimum absolute atomic E-state index is 0.0764. The largest absolute Gasteiger partial charge is 0.462 e. The fourth-order valence-electron chi connectivity index (χ4n) is 3.15. The molecule has 1 saturated heterocycles. The summed E-state index contributed by atoms with van der Waals surface area (Å²) in [6, 6.07) is 18.5. The van der Waals surface area contributed by atoms with Gasteiger partial charge in [0.2, 0.25) is 6.10 Å². The first kappa shape index (κ1) is 19.1. The van der Waals surface area contributed by atoms with E-state index in [0.29, 0.717) is 0 Å². The molecule has 5 heteroatoms. The molecule has 1 fully saturated rings. The Kier molecular flexibility index (Phi) is 5.61. The number of ether oxygens (including phenoxy) is 2. The van der Waals surface area contributed by atoms with Gasteiger partial charge < -0.3 is 9.47 Å². The van der Waals surface area contributed by atoms with Crippen LogP contribution in [0.2, 0.25) is 0 Å². The molecule has 0 bridgehead atoms. The van der Waals surface area contributed by atoms with Gasteiger partial charge in [0.05, 0.1) is 0 Å². The molecule has 5 nitrogen and oxygen atoms in total. The molecule has 0 saturated carbocycles. The number of carbonyl (C=O) groups excluding carboxylic acids is 2. The number of cyclic esters (lactones) is 1. The summed E-state index contributed by atoms with van der Waals surface area (Å²) in [6.45, 7) is 5.95. The molecule has 0 aliphatic carbocycles. The third kappa shape index (κ3) is 4.37. The van der Waals surface area contributed by atoms with Crippen molar-refractivity contribution in [3.8, 4) is 0 Å². The van der Waals surface area contributed by atoms with Crippen LogP contribution < -0.4 is 5.32 Å². The average molecular weight is 367 g/mol. The Labute approximate surface area is 159 Å². The number of hydrogen-bond donors (Lipinski definition) is 1. The van der Waals surface area contributed by atoms with Crippen molar-refractivity contribution in [2.24, 2.45) is 5.41 Å². The molecular weight excluding hydrogens is 342 g/mol. The van der Waals surface area contributed by atoms with Crippen molar-refractivity contribution in [2.45, 2.75) is 39.0 Å². The van der Waals surface area contributed by atoms with Gasteiger partial charge in [0, 0.05) is 11.5 Å². The summed E-state index contributed by atoms with van der Waals surface area (Å²) in [7, 11) is 0. The molecule has 3 atom stereocenters. The molecule has 142 valence electrons. The topological polar surface area (TPSA) is 64.6 Å². The highest BCUT2D eigenvalue weighted by molar-refractivity contribution is 5.84. The minimum Gasteiger partial charge on any atom is -0.462 e. The lowest BCUT2D eigenvalue weighted by Crippen LogP contribution is -2.40. The van der Waals surface area contributed by atoms with E-state index in [9.17, 15) is 9.59 Å². The van der Waals surface area contributed by atoms with Gasteiger partial charge in [-0.25, -0.2) is 9.59 Å². The predicted octanol–water partition coefficient (Wildman–Crippen LogP) is 3.57. The number of esters is 2. The third-order valence-electron chi connectivity index (χ3n) is 4.83. The van der Waals surface area contributed by atoms with Gasteiger partial charge in [-0.2, -0.15) is 0 Å². The highest BCUT2D eigenvalue weighted by atomic mass is 16.6. The molecule has 0 aromatic heterocycles. The van der Waals surface area contributed by atoms with Crippen LogP contribution in [-0.4, -0.2) is 24.6 Å². The molecule has 0 unspecified atom stereocenters. The fourth-order valence-corrected chi connectivity index (χ4v) is 3.15.